The van der Waals surface area contributed by atoms with Gasteiger partial charge in [-0.1, -0.05) is 12.1 Å². The topological polar surface area (TPSA) is 53.9 Å². The van der Waals surface area contributed by atoms with E-state index in [0.717, 1.165) is 12.0 Å². The zero-order valence-corrected chi connectivity index (χ0v) is 16.2. The third-order valence-corrected chi connectivity index (χ3v) is 6.03. The fourth-order valence-electron chi connectivity index (χ4n) is 3.95. The predicted molar refractivity (Wildman–Crippen MR) is 111 cm³/mol. The highest BCUT2D eigenvalue weighted by atomic mass is 32.1. The molecule has 0 aromatic heterocycles. The second-order valence-electron chi connectivity index (χ2n) is 7.21. The second kappa shape index (κ2) is 6.66. The number of hydrogen-bond donors (Lipinski definition) is 1. The maximum Gasteiger partial charge on any atom is 0.259 e. The highest BCUT2D eigenvalue weighted by molar-refractivity contribution is 7.81. The van der Waals surface area contributed by atoms with Gasteiger partial charge in [0.05, 0.1) is 6.57 Å². The molecule has 1 saturated carbocycles. The minimum Gasteiger partial charge on any atom is -0.326 e. The van der Waals surface area contributed by atoms with Crippen LogP contribution in [0.1, 0.15) is 30.4 Å². The molecule has 28 heavy (non-hydrogen) atoms. The molecule has 2 N–H and O–H groups in total. The molecule has 4 rings (SSSR count). The fraction of sp³-hybridized carbons (Fsp3) is 0.286. The van der Waals surface area contributed by atoms with Gasteiger partial charge in [-0.3, -0.25) is 9.69 Å². The monoisotopic (exact) mass is 394 g/mol. The van der Waals surface area contributed by atoms with E-state index in [1.165, 1.54) is 11.0 Å². The van der Waals surface area contributed by atoms with Gasteiger partial charge in [0, 0.05) is 23.5 Å². The van der Waals surface area contributed by atoms with Crippen LogP contribution in [-0.2, 0) is 11.3 Å². The van der Waals surface area contributed by atoms with E-state index in [-0.39, 0.29) is 12.5 Å². The van der Waals surface area contributed by atoms with E-state index in [4.69, 9.17) is 24.5 Å². The number of rotatable bonds is 3. The van der Waals surface area contributed by atoms with Crippen molar-refractivity contribution in [1.82, 2.24) is 0 Å². The molecule has 1 amide bonds. The Morgan fingerprint density at radius 2 is 1.96 bits per heavy atom. The molecular formula is C21H19FN4OS. The van der Waals surface area contributed by atoms with Crippen LogP contribution < -0.4 is 15.5 Å². The third kappa shape index (κ3) is 2.53. The third-order valence-electron chi connectivity index (χ3n) is 5.67. The van der Waals surface area contributed by atoms with Crippen LogP contribution in [-0.4, -0.2) is 16.6 Å². The summed E-state index contributed by atoms with van der Waals surface area (Å²) in [6.07, 6.45) is 2.25. The van der Waals surface area contributed by atoms with Crippen molar-refractivity contribution >= 4 is 40.3 Å². The lowest BCUT2D eigenvalue weighted by Crippen LogP contribution is -2.55. The number of nitrogens with two attached hydrogens (primary N) is 1. The van der Waals surface area contributed by atoms with E-state index in [2.05, 4.69) is 4.85 Å². The number of thiocarbonyl (C=S) groups is 1. The lowest BCUT2D eigenvalue weighted by Gasteiger charge is -2.43. The molecule has 2 fully saturated rings. The van der Waals surface area contributed by atoms with E-state index in [0.29, 0.717) is 40.6 Å². The molecule has 0 atom stereocenters. The number of hydrogen-bond acceptors (Lipinski definition) is 3. The van der Waals surface area contributed by atoms with Gasteiger partial charge in [-0.2, -0.15) is 0 Å². The smallest absolute Gasteiger partial charge is 0.259 e. The van der Waals surface area contributed by atoms with Gasteiger partial charge in [0.1, 0.15) is 11.4 Å². The number of halogens is 1. The molecule has 2 aromatic rings. The number of aryl methyl sites for hydroxylation is 1. The molecule has 1 aliphatic carbocycles. The van der Waals surface area contributed by atoms with Crippen molar-refractivity contribution < 1.29 is 9.18 Å². The zero-order valence-electron chi connectivity index (χ0n) is 15.4. The van der Waals surface area contributed by atoms with Crippen molar-refractivity contribution in [3.05, 3.63) is 64.8 Å². The molecule has 0 radical (unpaired) electrons. The molecule has 1 heterocycles. The molecule has 1 aliphatic heterocycles. The molecule has 0 bridgehead atoms. The number of carbonyl (C=O) groups excluding carboxylic acids is 1. The average Bonchev–Trinajstić information content (AvgIpc) is 2.88. The summed E-state index contributed by atoms with van der Waals surface area (Å²) >= 11 is 5.68. The Bertz CT molecular complexity index is 1040. The van der Waals surface area contributed by atoms with E-state index < -0.39 is 11.4 Å². The summed E-state index contributed by atoms with van der Waals surface area (Å²) in [5.41, 5.74) is 7.74. The Kier molecular flexibility index (Phi) is 4.41. The Hall–Kier alpha value is -2.82. The first kappa shape index (κ1) is 18.5. The number of amides is 1. The Morgan fingerprint density at radius 1 is 1.25 bits per heavy atom. The predicted octanol–water partition coefficient (Wildman–Crippen LogP) is 4.20. The summed E-state index contributed by atoms with van der Waals surface area (Å²) in [5.74, 6) is -0.498. The van der Waals surface area contributed by atoms with Crippen LogP contribution in [0.25, 0.3) is 4.85 Å². The first-order chi connectivity index (χ1) is 13.4. The van der Waals surface area contributed by atoms with Gasteiger partial charge in [-0.15, -0.1) is 0 Å². The van der Waals surface area contributed by atoms with Gasteiger partial charge in [-0.25, -0.2) is 9.24 Å². The Morgan fingerprint density at radius 3 is 2.50 bits per heavy atom. The molecule has 7 heteroatoms. The maximum atomic E-state index is 14.4. The van der Waals surface area contributed by atoms with Gasteiger partial charge in [-0.05, 0) is 68.2 Å². The minimum absolute atomic E-state index is 0.0954. The molecule has 0 unspecified atom stereocenters. The summed E-state index contributed by atoms with van der Waals surface area (Å²) in [5, 5.41) is 0.333. The number of benzene rings is 2. The highest BCUT2D eigenvalue weighted by Crippen LogP contribution is 2.48. The molecule has 2 aromatic carbocycles. The van der Waals surface area contributed by atoms with Gasteiger partial charge in [0.15, 0.2) is 10.8 Å². The van der Waals surface area contributed by atoms with E-state index in [9.17, 15) is 9.18 Å². The van der Waals surface area contributed by atoms with Crippen molar-refractivity contribution in [3.8, 4) is 0 Å². The summed E-state index contributed by atoms with van der Waals surface area (Å²) in [6, 6.07) is 10.0. The molecule has 5 nitrogen and oxygen atoms in total. The first-order valence-corrected chi connectivity index (χ1v) is 9.49. The van der Waals surface area contributed by atoms with Gasteiger partial charge in [0.2, 0.25) is 0 Å². The standard InChI is InChI=1S/C21H19FN4OS/c1-13-10-15(6-7-18(13)24-2)25-19(27)21(8-3-9-21)26(20(25)28)16-5-4-14(12-23)17(22)11-16/h4-7,10-11H,3,8-9,12,23H2,1H3. The van der Waals surface area contributed by atoms with Crippen LogP contribution in [0.4, 0.5) is 21.5 Å². The minimum atomic E-state index is -0.764. The van der Waals surface area contributed by atoms with Crippen LogP contribution in [0.3, 0.4) is 0 Å². The number of anilines is 2. The maximum absolute atomic E-state index is 14.4. The van der Waals surface area contributed by atoms with Gasteiger partial charge in [0.25, 0.3) is 5.91 Å². The Balaban J connectivity index is 1.79. The molecule has 1 saturated heterocycles. The lowest BCUT2D eigenvalue weighted by molar-refractivity contribution is -0.123. The van der Waals surface area contributed by atoms with E-state index in [1.54, 1.807) is 35.2 Å². The normalized spacial score (nSPS) is 17.8. The van der Waals surface area contributed by atoms with Gasteiger partial charge < -0.3 is 10.6 Å². The van der Waals surface area contributed by atoms with Crippen molar-refractivity contribution in [2.24, 2.45) is 5.73 Å². The molecule has 142 valence electrons. The summed E-state index contributed by atoms with van der Waals surface area (Å²) < 4.78 is 14.4. The molecule has 1 spiro atoms. The van der Waals surface area contributed by atoms with Gasteiger partial charge >= 0.3 is 0 Å². The van der Waals surface area contributed by atoms with Crippen molar-refractivity contribution in [1.29, 1.82) is 0 Å². The zero-order chi connectivity index (χ0) is 20.1. The van der Waals surface area contributed by atoms with E-state index >= 15 is 0 Å². The Labute approximate surface area is 168 Å². The SMILES string of the molecule is [C-]#[N+]c1ccc(N2C(=O)C3(CCC3)N(c3ccc(CN)c(F)c3)C2=S)cc1C. The van der Waals surface area contributed by atoms with Crippen molar-refractivity contribution in [3.63, 3.8) is 0 Å². The second-order valence-corrected chi connectivity index (χ2v) is 7.57. The fourth-order valence-corrected chi connectivity index (χ4v) is 4.42. The van der Waals surface area contributed by atoms with Crippen LogP contribution in [0.15, 0.2) is 36.4 Å². The summed E-state index contributed by atoms with van der Waals surface area (Å²) in [7, 11) is 0. The summed E-state index contributed by atoms with van der Waals surface area (Å²) in [6.45, 7) is 9.15. The van der Waals surface area contributed by atoms with E-state index in [1.807, 2.05) is 6.92 Å². The summed E-state index contributed by atoms with van der Waals surface area (Å²) in [4.78, 5) is 20.2. The van der Waals surface area contributed by atoms with Crippen LogP contribution in [0.5, 0.6) is 0 Å². The first-order valence-electron chi connectivity index (χ1n) is 9.08. The number of carbonyl (C=O) groups is 1. The average molecular weight is 394 g/mol. The lowest BCUT2D eigenvalue weighted by atomic mass is 9.75. The van der Waals surface area contributed by atoms with Crippen molar-refractivity contribution in [2.75, 3.05) is 9.80 Å². The highest BCUT2D eigenvalue weighted by Gasteiger charge is 2.59. The van der Waals surface area contributed by atoms with Crippen LogP contribution in [0.2, 0.25) is 0 Å². The quantitative estimate of drug-likeness (QED) is 0.626. The van der Waals surface area contributed by atoms with Crippen molar-refractivity contribution in [2.45, 2.75) is 38.3 Å². The molecule has 2 aliphatic rings. The largest absolute Gasteiger partial charge is 0.326 e. The number of nitrogens with zero attached hydrogens (tertiary/aromatic N) is 3. The van der Waals surface area contributed by atoms with Crippen LogP contribution in [0, 0.1) is 19.3 Å². The van der Waals surface area contributed by atoms with Crippen LogP contribution >= 0.6 is 12.2 Å². The molecular weight excluding hydrogens is 375 g/mol.